The van der Waals surface area contributed by atoms with Gasteiger partial charge in [-0.15, -0.1) is 0 Å². The first-order chi connectivity index (χ1) is 16.7. The van der Waals surface area contributed by atoms with Crippen LogP contribution in [-0.4, -0.2) is 28.4 Å². The predicted molar refractivity (Wildman–Crippen MR) is 122 cm³/mol. The molecule has 0 bridgehead atoms. The van der Waals surface area contributed by atoms with Crippen LogP contribution in [-0.2, 0) is 22.2 Å². The van der Waals surface area contributed by atoms with E-state index in [1.807, 2.05) is 18.2 Å². The van der Waals surface area contributed by atoms with Gasteiger partial charge in [-0.1, -0.05) is 48.5 Å². The van der Waals surface area contributed by atoms with E-state index in [9.17, 15) is 22.8 Å². The van der Waals surface area contributed by atoms with Gasteiger partial charge in [-0.3, -0.25) is 9.59 Å². The minimum absolute atomic E-state index is 0.102. The third-order valence-electron chi connectivity index (χ3n) is 5.22. The number of H-pyrrole nitrogens is 1. The van der Waals surface area contributed by atoms with E-state index in [4.69, 9.17) is 10.5 Å². The van der Waals surface area contributed by atoms with Crippen molar-refractivity contribution < 1.29 is 27.5 Å². The molecule has 0 aliphatic heterocycles. The lowest BCUT2D eigenvalue weighted by atomic mass is 9.98. The highest BCUT2D eigenvalue weighted by molar-refractivity contribution is 5.80. The highest BCUT2D eigenvalue weighted by Gasteiger charge is 2.34. The van der Waals surface area contributed by atoms with Crippen LogP contribution >= 0.6 is 0 Å². The number of nitrogens with two attached hydrogens (primary N) is 1. The van der Waals surface area contributed by atoms with Gasteiger partial charge in [0.1, 0.15) is 5.75 Å². The summed E-state index contributed by atoms with van der Waals surface area (Å²) in [6, 6.07) is 19.7. The van der Waals surface area contributed by atoms with Crippen molar-refractivity contribution in [2.24, 2.45) is 5.73 Å². The average molecular weight is 482 g/mol. The number of rotatable bonds is 8. The van der Waals surface area contributed by atoms with Crippen molar-refractivity contribution in [3.63, 3.8) is 0 Å². The maximum absolute atomic E-state index is 13.0. The fraction of sp³-hybridized carbons (Fsp3) is 0.160. The molecule has 0 spiro atoms. The van der Waals surface area contributed by atoms with Crippen molar-refractivity contribution in [2.45, 2.75) is 18.6 Å². The maximum atomic E-state index is 13.0. The number of halogens is 3. The smallest absolute Gasteiger partial charge is 0.449 e. The van der Waals surface area contributed by atoms with Gasteiger partial charge in [-0.05, 0) is 41.0 Å². The Hall–Kier alpha value is -4.34. The number of aromatic nitrogens is 2. The molecule has 4 aromatic rings. The Balaban J connectivity index is 1.51. The van der Waals surface area contributed by atoms with Gasteiger partial charge in [0.05, 0.1) is 23.5 Å². The maximum Gasteiger partial charge on any atom is 0.449 e. The standard InChI is InChI=1S/C25H21F3N4O3/c26-25(27,28)24-30-19-11-8-17(13-20(19)31-24)23(16-4-2-1-3-5-16)32-22(34)14-35-18-9-6-15(7-10-18)12-21(29)33/h1-11,13,23H,12,14H2,(H2,29,33)(H,30,31)(H,32,34). The van der Waals surface area contributed by atoms with Crippen molar-refractivity contribution in [1.29, 1.82) is 0 Å². The normalized spacial score (nSPS) is 12.3. The third-order valence-corrected chi connectivity index (χ3v) is 5.22. The quantitative estimate of drug-likeness (QED) is 0.354. The molecule has 1 unspecified atom stereocenters. The van der Waals surface area contributed by atoms with E-state index in [1.165, 1.54) is 12.1 Å². The van der Waals surface area contributed by atoms with Gasteiger partial charge in [0.2, 0.25) is 11.7 Å². The van der Waals surface area contributed by atoms with Gasteiger partial charge in [0.25, 0.3) is 5.91 Å². The number of ether oxygens (including phenoxy) is 1. The molecule has 1 heterocycles. The molecule has 0 fully saturated rings. The fourth-order valence-corrected chi connectivity index (χ4v) is 3.60. The van der Waals surface area contributed by atoms with Gasteiger partial charge in [0, 0.05) is 0 Å². The average Bonchev–Trinajstić information content (AvgIpc) is 3.26. The van der Waals surface area contributed by atoms with E-state index in [2.05, 4.69) is 15.3 Å². The number of fused-ring (bicyclic) bond motifs is 1. The van der Waals surface area contributed by atoms with Crippen LogP contribution in [0.2, 0.25) is 0 Å². The monoisotopic (exact) mass is 482 g/mol. The van der Waals surface area contributed by atoms with Crippen LogP contribution in [0.1, 0.15) is 28.6 Å². The Bertz CT molecular complexity index is 1340. The summed E-state index contributed by atoms with van der Waals surface area (Å²) in [4.78, 5) is 29.6. The number of imidazole rings is 1. The minimum atomic E-state index is -4.60. The van der Waals surface area contributed by atoms with Crippen LogP contribution in [0.15, 0.2) is 72.8 Å². The first-order valence-corrected chi connectivity index (χ1v) is 10.6. The molecule has 35 heavy (non-hydrogen) atoms. The topological polar surface area (TPSA) is 110 Å². The molecule has 180 valence electrons. The molecule has 4 rings (SSSR count). The van der Waals surface area contributed by atoms with E-state index in [-0.39, 0.29) is 24.1 Å². The second-order valence-corrected chi connectivity index (χ2v) is 7.85. The number of aromatic amines is 1. The number of hydrogen-bond acceptors (Lipinski definition) is 4. The molecule has 0 saturated carbocycles. The van der Waals surface area contributed by atoms with Gasteiger partial charge in [-0.25, -0.2) is 4.98 Å². The van der Waals surface area contributed by atoms with Crippen molar-refractivity contribution in [3.05, 3.63) is 95.3 Å². The first-order valence-electron chi connectivity index (χ1n) is 10.6. The van der Waals surface area contributed by atoms with Crippen LogP contribution in [0.5, 0.6) is 5.75 Å². The summed E-state index contributed by atoms with van der Waals surface area (Å²) in [7, 11) is 0. The number of hydrogen-bond donors (Lipinski definition) is 3. The van der Waals surface area contributed by atoms with Gasteiger partial charge in [-0.2, -0.15) is 13.2 Å². The fourth-order valence-electron chi connectivity index (χ4n) is 3.60. The number of carbonyl (C=O) groups is 2. The molecule has 0 saturated heterocycles. The predicted octanol–water partition coefficient (Wildman–Crippen LogP) is 3.89. The Morgan fingerprint density at radius 3 is 2.37 bits per heavy atom. The summed E-state index contributed by atoms with van der Waals surface area (Å²) in [6.45, 7) is -0.289. The van der Waals surface area contributed by atoms with Crippen LogP contribution in [0.3, 0.4) is 0 Å². The summed E-state index contributed by atoms with van der Waals surface area (Å²) in [5.41, 5.74) is 7.59. The molecule has 0 aliphatic rings. The number of carbonyl (C=O) groups excluding carboxylic acids is 2. The molecule has 2 amide bonds. The highest BCUT2D eigenvalue weighted by Crippen LogP contribution is 2.30. The summed E-state index contributed by atoms with van der Waals surface area (Å²) >= 11 is 0. The Kier molecular flexibility index (Phi) is 6.72. The largest absolute Gasteiger partial charge is 0.484 e. The van der Waals surface area contributed by atoms with E-state index in [0.717, 1.165) is 11.1 Å². The van der Waals surface area contributed by atoms with Crippen LogP contribution in [0.4, 0.5) is 13.2 Å². The molecule has 10 heteroatoms. The third kappa shape index (κ3) is 5.97. The second kappa shape index (κ2) is 9.88. The van der Waals surface area contributed by atoms with Crippen molar-refractivity contribution in [1.82, 2.24) is 15.3 Å². The molecule has 1 aromatic heterocycles. The molecule has 0 aliphatic carbocycles. The molecular formula is C25H21F3N4O3. The van der Waals surface area contributed by atoms with Crippen LogP contribution < -0.4 is 15.8 Å². The van der Waals surface area contributed by atoms with Gasteiger partial charge < -0.3 is 20.8 Å². The summed E-state index contributed by atoms with van der Waals surface area (Å²) in [5.74, 6) is -1.53. The Morgan fingerprint density at radius 2 is 1.71 bits per heavy atom. The zero-order valence-electron chi connectivity index (χ0n) is 18.3. The molecule has 3 aromatic carbocycles. The van der Waals surface area contributed by atoms with Crippen molar-refractivity contribution in [3.8, 4) is 5.75 Å². The van der Waals surface area contributed by atoms with Crippen molar-refractivity contribution >= 4 is 22.8 Å². The van der Waals surface area contributed by atoms with Crippen molar-refractivity contribution in [2.75, 3.05) is 6.61 Å². The lowest BCUT2D eigenvalue weighted by molar-refractivity contribution is -0.144. The lowest BCUT2D eigenvalue weighted by Gasteiger charge is -2.20. The number of alkyl halides is 3. The van der Waals surface area contributed by atoms with Crippen LogP contribution in [0, 0.1) is 0 Å². The number of amides is 2. The van der Waals surface area contributed by atoms with E-state index < -0.39 is 29.9 Å². The molecule has 1 atom stereocenters. The number of nitrogens with zero attached hydrogens (tertiary/aromatic N) is 1. The SMILES string of the molecule is NC(=O)Cc1ccc(OCC(=O)NC(c2ccccc2)c2ccc3nc(C(F)(F)F)[nH]c3c2)cc1. The molecular weight excluding hydrogens is 461 g/mol. The number of primary amides is 1. The van der Waals surface area contributed by atoms with E-state index in [0.29, 0.717) is 11.3 Å². The summed E-state index contributed by atoms with van der Waals surface area (Å²) in [6.07, 6.45) is -4.49. The first kappa shape index (κ1) is 23.8. The van der Waals surface area contributed by atoms with Gasteiger partial charge >= 0.3 is 6.18 Å². The molecule has 4 N–H and O–H groups in total. The highest BCUT2D eigenvalue weighted by atomic mass is 19.4. The summed E-state index contributed by atoms with van der Waals surface area (Å²) in [5, 5.41) is 2.88. The number of nitrogens with one attached hydrogen (secondary N) is 2. The summed E-state index contributed by atoms with van der Waals surface area (Å²) < 4.78 is 44.7. The molecule has 0 radical (unpaired) electrons. The Morgan fingerprint density at radius 1 is 1.00 bits per heavy atom. The van der Waals surface area contributed by atoms with E-state index >= 15 is 0 Å². The van der Waals surface area contributed by atoms with Gasteiger partial charge in [0.15, 0.2) is 6.61 Å². The van der Waals surface area contributed by atoms with Crippen LogP contribution in [0.25, 0.3) is 11.0 Å². The molecule has 7 nitrogen and oxygen atoms in total. The van der Waals surface area contributed by atoms with E-state index in [1.54, 1.807) is 42.5 Å². The number of benzene rings is 3. The Labute approximate surface area is 198 Å². The second-order valence-electron chi connectivity index (χ2n) is 7.85. The zero-order valence-corrected chi connectivity index (χ0v) is 18.3. The lowest BCUT2D eigenvalue weighted by Crippen LogP contribution is -2.33. The zero-order chi connectivity index (χ0) is 25.0. The minimum Gasteiger partial charge on any atom is -0.484 e.